The molecule has 1 aliphatic rings. The van der Waals surface area contributed by atoms with Crippen LogP contribution in [-0.2, 0) is 9.59 Å². The van der Waals surface area contributed by atoms with Crippen molar-refractivity contribution < 1.29 is 9.59 Å². The molecule has 0 spiro atoms. The number of hydrogen-bond acceptors (Lipinski definition) is 4. The van der Waals surface area contributed by atoms with Gasteiger partial charge in [0.2, 0.25) is 5.91 Å². The van der Waals surface area contributed by atoms with Crippen LogP contribution < -0.4 is 11.5 Å². The van der Waals surface area contributed by atoms with Gasteiger partial charge in [-0.2, -0.15) is 0 Å². The summed E-state index contributed by atoms with van der Waals surface area (Å²) in [6.45, 7) is 4.52. The summed E-state index contributed by atoms with van der Waals surface area (Å²) in [6.07, 6.45) is 7.09. The molecule has 5 nitrogen and oxygen atoms in total. The minimum atomic E-state index is -0.406. The molecule has 0 saturated carbocycles. The molecule has 0 radical (unpaired) electrons. The third-order valence-electron chi connectivity index (χ3n) is 3.43. The summed E-state index contributed by atoms with van der Waals surface area (Å²) in [5.74, 6) is -0.400. The zero-order chi connectivity index (χ0) is 14.4. The molecule has 2 atom stereocenters. The molecule has 0 aromatic heterocycles. The fraction of sp³-hybridized carbons (Fsp3) is 0.571. The zero-order valence-electron chi connectivity index (χ0n) is 11.6. The van der Waals surface area contributed by atoms with E-state index in [-0.39, 0.29) is 17.9 Å². The lowest BCUT2D eigenvalue weighted by atomic mass is 9.90. The number of nitrogens with two attached hydrogens (primary N) is 2. The van der Waals surface area contributed by atoms with Gasteiger partial charge < -0.3 is 21.2 Å². The predicted molar refractivity (Wildman–Crippen MR) is 74.7 cm³/mol. The summed E-state index contributed by atoms with van der Waals surface area (Å²) >= 11 is 0. The first-order valence-corrected chi connectivity index (χ1v) is 6.62. The largest absolute Gasteiger partial charge is 0.405 e. The SMILES string of the molecule is CC(C)C(C(=O)N1CCCC1C=O)/C(N)=C/C=C\N. The van der Waals surface area contributed by atoms with E-state index in [1.807, 2.05) is 13.8 Å². The average molecular weight is 265 g/mol. The van der Waals surface area contributed by atoms with Crippen molar-refractivity contribution in [1.82, 2.24) is 4.90 Å². The van der Waals surface area contributed by atoms with Crippen molar-refractivity contribution in [1.29, 1.82) is 0 Å². The molecule has 5 heteroatoms. The monoisotopic (exact) mass is 265 g/mol. The second kappa shape index (κ2) is 6.97. The Morgan fingerprint density at radius 3 is 2.63 bits per heavy atom. The fourth-order valence-corrected chi connectivity index (χ4v) is 2.47. The molecule has 1 fully saturated rings. The Kier molecular flexibility index (Phi) is 5.60. The van der Waals surface area contributed by atoms with E-state index >= 15 is 0 Å². The molecular weight excluding hydrogens is 242 g/mol. The van der Waals surface area contributed by atoms with Crippen LogP contribution in [0.4, 0.5) is 0 Å². The van der Waals surface area contributed by atoms with E-state index in [0.717, 1.165) is 19.1 Å². The van der Waals surface area contributed by atoms with Gasteiger partial charge in [0.1, 0.15) is 6.29 Å². The molecule has 1 amide bonds. The number of likely N-dealkylation sites (tertiary alicyclic amines) is 1. The standard InChI is InChI=1S/C14H23N3O2/c1-10(2)13(12(16)6-3-7-15)14(19)17-8-4-5-11(17)9-18/h3,6-7,9-11,13H,4-5,8,15-16H2,1-2H3/b7-3-,12-6-. The minimum Gasteiger partial charge on any atom is -0.405 e. The first-order chi connectivity index (χ1) is 9.02. The van der Waals surface area contributed by atoms with Gasteiger partial charge in [-0.1, -0.05) is 13.8 Å². The van der Waals surface area contributed by atoms with Gasteiger partial charge in [0.05, 0.1) is 12.0 Å². The van der Waals surface area contributed by atoms with Crippen LogP contribution in [0.25, 0.3) is 0 Å². The summed E-state index contributed by atoms with van der Waals surface area (Å²) in [5.41, 5.74) is 11.7. The summed E-state index contributed by atoms with van der Waals surface area (Å²) in [5, 5.41) is 0. The van der Waals surface area contributed by atoms with Crippen LogP contribution in [0.5, 0.6) is 0 Å². The number of rotatable bonds is 5. The lowest BCUT2D eigenvalue weighted by molar-refractivity contribution is -0.138. The van der Waals surface area contributed by atoms with E-state index in [2.05, 4.69) is 0 Å². The first kappa shape index (κ1) is 15.3. The number of carbonyl (C=O) groups is 2. The van der Waals surface area contributed by atoms with Crippen molar-refractivity contribution in [2.24, 2.45) is 23.3 Å². The van der Waals surface area contributed by atoms with E-state index in [4.69, 9.17) is 11.5 Å². The second-order valence-corrected chi connectivity index (χ2v) is 5.15. The highest BCUT2D eigenvalue weighted by Gasteiger charge is 2.35. The molecule has 2 unspecified atom stereocenters. The van der Waals surface area contributed by atoms with Gasteiger partial charge in [0.15, 0.2) is 0 Å². The van der Waals surface area contributed by atoms with Gasteiger partial charge in [0, 0.05) is 12.2 Å². The number of aldehydes is 1. The summed E-state index contributed by atoms with van der Waals surface area (Å²) in [7, 11) is 0. The third-order valence-corrected chi connectivity index (χ3v) is 3.43. The van der Waals surface area contributed by atoms with Crippen LogP contribution in [-0.4, -0.2) is 29.7 Å². The van der Waals surface area contributed by atoms with Crippen LogP contribution >= 0.6 is 0 Å². The Hall–Kier alpha value is -1.78. The maximum Gasteiger partial charge on any atom is 0.232 e. The van der Waals surface area contributed by atoms with E-state index in [1.54, 1.807) is 17.1 Å². The molecule has 1 rings (SSSR count). The Bertz CT molecular complexity index is 388. The Morgan fingerprint density at radius 1 is 1.42 bits per heavy atom. The quantitative estimate of drug-likeness (QED) is 0.567. The van der Waals surface area contributed by atoms with Gasteiger partial charge in [-0.15, -0.1) is 0 Å². The number of amides is 1. The van der Waals surface area contributed by atoms with Crippen LogP contribution in [0, 0.1) is 11.8 Å². The molecule has 1 saturated heterocycles. The Morgan fingerprint density at radius 2 is 2.11 bits per heavy atom. The molecule has 4 N–H and O–H groups in total. The van der Waals surface area contributed by atoms with Gasteiger partial charge in [-0.3, -0.25) is 4.79 Å². The van der Waals surface area contributed by atoms with E-state index in [1.165, 1.54) is 6.20 Å². The summed E-state index contributed by atoms with van der Waals surface area (Å²) in [6, 6.07) is -0.299. The van der Waals surface area contributed by atoms with Gasteiger partial charge in [-0.25, -0.2) is 0 Å². The van der Waals surface area contributed by atoms with Crippen molar-refractivity contribution in [2.45, 2.75) is 32.7 Å². The highest BCUT2D eigenvalue weighted by atomic mass is 16.2. The van der Waals surface area contributed by atoms with Gasteiger partial charge in [-0.05, 0) is 37.1 Å². The molecule has 1 aliphatic heterocycles. The predicted octanol–water partition coefficient (Wildman–Crippen LogP) is 0.764. The van der Waals surface area contributed by atoms with Crippen LogP contribution in [0.3, 0.4) is 0 Å². The molecule has 0 aliphatic carbocycles. The van der Waals surface area contributed by atoms with Crippen LogP contribution in [0.15, 0.2) is 24.0 Å². The van der Waals surface area contributed by atoms with Crippen LogP contribution in [0.2, 0.25) is 0 Å². The Balaban J connectivity index is 2.93. The maximum atomic E-state index is 12.6. The Labute approximate surface area is 114 Å². The maximum absolute atomic E-state index is 12.6. The molecule has 0 aromatic rings. The van der Waals surface area contributed by atoms with E-state index in [0.29, 0.717) is 12.2 Å². The van der Waals surface area contributed by atoms with Crippen molar-refractivity contribution in [3.05, 3.63) is 24.0 Å². The number of carbonyl (C=O) groups excluding carboxylic acids is 2. The lowest BCUT2D eigenvalue weighted by Crippen LogP contribution is -2.43. The zero-order valence-corrected chi connectivity index (χ0v) is 11.6. The molecule has 106 valence electrons. The van der Waals surface area contributed by atoms with Crippen molar-refractivity contribution in [3.63, 3.8) is 0 Å². The topological polar surface area (TPSA) is 89.4 Å². The average Bonchev–Trinajstić information content (AvgIpc) is 2.84. The van der Waals surface area contributed by atoms with E-state index < -0.39 is 5.92 Å². The lowest BCUT2D eigenvalue weighted by Gasteiger charge is -2.28. The molecule has 19 heavy (non-hydrogen) atoms. The summed E-state index contributed by atoms with van der Waals surface area (Å²) in [4.78, 5) is 25.2. The molecule has 0 aromatic carbocycles. The molecule has 0 bridgehead atoms. The normalized spacial score (nSPS) is 22.2. The second-order valence-electron chi connectivity index (χ2n) is 5.15. The smallest absolute Gasteiger partial charge is 0.232 e. The van der Waals surface area contributed by atoms with Crippen LogP contribution in [0.1, 0.15) is 26.7 Å². The highest BCUT2D eigenvalue weighted by molar-refractivity contribution is 5.85. The molecule has 1 heterocycles. The van der Waals surface area contributed by atoms with Crippen molar-refractivity contribution in [2.75, 3.05) is 6.54 Å². The highest BCUT2D eigenvalue weighted by Crippen LogP contribution is 2.25. The van der Waals surface area contributed by atoms with E-state index in [9.17, 15) is 9.59 Å². The summed E-state index contributed by atoms with van der Waals surface area (Å²) < 4.78 is 0. The number of nitrogens with zero attached hydrogens (tertiary/aromatic N) is 1. The third kappa shape index (κ3) is 3.59. The first-order valence-electron chi connectivity index (χ1n) is 6.62. The van der Waals surface area contributed by atoms with Crippen molar-refractivity contribution in [3.8, 4) is 0 Å². The minimum absolute atomic E-state index is 0.0660. The number of allylic oxidation sites excluding steroid dienone is 2. The van der Waals surface area contributed by atoms with Gasteiger partial charge in [0.25, 0.3) is 0 Å². The molecular formula is C14H23N3O2. The van der Waals surface area contributed by atoms with Gasteiger partial charge >= 0.3 is 0 Å². The fourth-order valence-electron chi connectivity index (χ4n) is 2.47. The van der Waals surface area contributed by atoms with Crippen molar-refractivity contribution >= 4 is 12.2 Å². The number of hydrogen-bond donors (Lipinski definition) is 2.